The molecule has 0 radical (unpaired) electrons. The molecule has 14 heteroatoms. The zero-order valence-electron chi connectivity index (χ0n) is 23.6. The first-order chi connectivity index (χ1) is 19.0. The zero-order valence-corrected chi connectivity index (χ0v) is 19.6. The van der Waals surface area contributed by atoms with Gasteiger partial charge in [-0.25, -0.2) is 14.0 Å². The number of benzene rings is 1. The number of nitrogens with one attached hydrogen (secondary N) is 1. The maximum atomic E-state index is 15.5. The van der Waals surface area contributed by atoms with E-state index in [0.717, 1.165) is 11.0 Å². The molecule has 3 aliphatic heterocycles. The maximum absolute atomic E-state index is 15.5. The molecule has 5 amide bonds. The molecule has 0 aliphatic carbocycles. The van der Waals surface area contributed by atoms with Gasteiger partial charge in [0.05, 0.1) is 23.2 Å². The summed E-state index contributed by atoms with van der Waals surface area (Å²) in [5, 5.41) is 18.1. The molecule has 3 aliphatic rings. The highest BCUT2D eigenvalue weighted by Crippen LogP contribution is 2.35. The Morgan fingerprint density at radius 3 is 2.49 bits per heavy atom. The van der Waals surface area contributed by atoms with Crippen LogP contribution in [0.25, 0.3) is 10.9 Å². The van der Waals surface area contributed by atoms with E-state index in [1.807, 2.05) is 0 Å². The summed E-state index contributed by atoms with van der Waals surface area (Å²) in [5.41, 5.74) is -2.89. The molecule has 0 saturated carbocycles. The van der Waals surface area contributed by atoms with Crippen LogP contribution in [0, 0.1) is 5.82 Å². The van der Waals surface area contributed by atoms with Gasteiger partial charge in [0.1, 0.15) is 5.82 Å². The summed E-state index contributed by atoms with van der Waals surface area (Å²) < 4.78 is 50.8. The van der Waals surface area contributed by atoms with Gasteiger partial charge in [-0.15, -0.1) is 5.06 Å². The monoisotopic (exact) mass is 520 g/mol. The average Bonchev–Trinajstić information content (AvgIpc) is 3.34. The van der Waals surface area contributed by atoms with Crippen LogP contribution in [0.1, 0.15) is 43.9 Å². The quantitative estimate of drug-likeness (QED) is 0.536. The minimum absolute atomic E-state index is 0.0173. The van der Waals surface area contributed by atoms with Crippen molar-refractivity contribution < 1.29 is 43.8 Å². The summed E-state index contributed by atoms with van der Waals surface area (Å²) in [7, 11) is 1.52. The number of aliphatic hydroxyl groups is 1. The minimum atomic E-state index is -2.97. The van der Waals surface area contributed by atoms with E-state index < -0.39 is 73.4 Å². The van der Waals surface area contributed by atoms with Crippen molar-refractivity contribution in [2.45, 2.75) is 44.0 Å². The summed E-state index contributed by atoms with van der Waals surface area (Å²) in [6.07, 6.45) is -7.30. The molecule has 2 N–H and O–H groups in total. The molecule has 4 heterocycles. The number of hydrogen-bond donors (Lipinski definition) is 2. The normalized spacial score (nSPS) is 24.5. The number of rotatable bonds is 5. The van der Waals surface area contributed by atoms with Crippen LogP contribution in [0.2, 0.25) is 0 Å². The Bertz CT molecular complexity index is 1480. The van der Waals surface area contributed by atoms with Gasteiger partial charge in [-0.05, 0) is 24.9 Å². The maximum Gasteiger partial charge on any atom is 0.336 e. The molecule has 3 fully saturated rings. The average molecular weight is 521 g/mol. The van der Waals surface area contributed by atoms with E-state index in [4.69, 9.17) is 10.3 Å². The first-order valence-electron chi connectivity index (χ1n) is 13.4. The number of halogens is 1. The second-order valence-corrected chi connectivity index (χ2v) is 8.81. The number of carbonyl (C=O) groups excluding carboxylic acids is 5. The van der Waals surface area contributed by atoms with E-state index >= 15 is 4.39 Å². The number of piperidine rings is 1. The molecule has 0 unspecified atom stereocenters. The number of imide groups is 2. The second-order valence-electron chi connectivity index (χ2n) is 8.81. The molecule has 0 bridgehead atoms. The number of hydroxylamine groups is 2. The second kappa shape index (κ2) is 9.10. The van der Waals surface area contributed by atoms with Gasteiger partial charge in [-0.3, -0.25) is 29.3 Å². The molecule has 0 spiro atoms. The van der Waals surface area contributed by atoms with Crippen molar-refractivity contribution in [2.24, 2.45) is 7.05 Å². The summed E-state index contributed by atoms with van der Waals surface area (Å²) in [5.74, 6) is -4.26. The van der Waals surface area contributed by atoms with Gasteiger partial charge in [0.25, 0.3) is 11.8 Å². The van der Waals surface area contributed by atoms with E-state index in [-0.39, 0.29) is 47.8 Å². The summed E-state index contributed by atoms with van der Waals surface area (Å²) in [6, 6.07) is 1.63. The van der Waals surface area contributed by atoms with E-state index in [1.54, 1.807) is 0 Å². The van der Waals surface area contributed by atoms with Crippen LogP contribution >= 0.6 is 0 Å². The number of fused-ring (bicyclic) bond motifs is 1. The Morgan fingerprint density at radius 1 is 1.16 bits per heavy atom. The van der Waals surface area contributed by atoms with Gasteiger partial charge in [-0.2, -0.15) is 5.10 Å². The van der Waals surface area contributed by atoms with Crippen molar-refractivity contribution in [3.63, 3.8) is 0 Å². The number of carbonyl (C=O) groups is 5. The van der Waals surface area contributed by atoms with Crippen LogP contribution in [-0.4, -0.2) is 74.9 Å². The largest absolute Gasteiger partial charge is 0.389 e. The van der Waals surface area contributed by atoms with Gasteiger partial charge >= 0.3 is 12.0 Å². The Balaban J connectivity index is 1.42. The minimum Gasteiger partial charge on any atom is -0.389 e. The van der Waals surface area contributed by atoms with Gasteiger partial charge < -0.3 is 14.8 Å². The van der Waals surface area contributed by atoms with E-state index in [9.17, 15) is 29.1 Å². The topological polar surface area (TPSA) is 154 Å². The number of urea groups is 1. The Hall–Kier alpha value is -4.07. The fourth-order valence-electron chi connectivity index (χ4n) is 4.32. The number of amides is 5. The van der Waals surface area contributed by atoms with Crippen LogP contribution in [0.5, 0.6) is 0 Å². The third-order valence-electron chi connectivity index (χ3n) is 6.27. The van der Waals surface area contributed by atoms with Crippen LogP contribution < -0.4 is 15.1 Å². The predicted molar refractivity (Wildman–Crippen MR) is 124 cm³/mol. The van der Waals surface area contributed by atoms with Crippen molar-refractivity contribution in [1.82, 2.24) is 20.2 Å². The Morgan fingerprint density at radius 2 is 1.84 bits per heavy atom. The SMILES string of the molecule is [2H]C1([2H])CN(c2cc3c(cc2F)c(N2CCC(=O)NC2=O)nn3C)CC([2H])([2H])C1(O)CC(=O)ON1C(=O)CCC1=O. The molecule has 196 valence electrons. The van der Waals surface area contributed by atoms with Gasteiger partial charge in [-0.1, -0.05) is 0 Å². The van der Waals surface area contributed by atoms with E-state index in [2.05, 4.69) is 10.4 Å². The fourth-order valence-corrected chi connectivity index (χ4v) is 4.32. The lowest BCUT2D eigenvalue weighted by molar-refractivity contribution is -0.200. The van der Waals surface area contributed by atoms with Crippen molar-refractivity contribution in [3.05, 3.63) is 17.9 Å². The van der Waals surface area contributed by atoms with Crippen LogP contribution in [0.3, 0.4) is 0 Å². The van der Waals surface area contributed by atoms with Crippen LogP contribution in [-0.2, 0) is 31.1 Å². The smallest absolute Gasteiger partial charge is 0.336 e. The predicted octanol–water partition coefficient (Wildman–Crippen LogP) is 0.487. The summed E-state index contributed by atoms with van der Waals surface area (Å²) in [4.78, 5) is 66.8. The van der Waals surface area contributed by atoms with Gasteiger partial charge in [0.15, 0.2) is 5.82 Å². The summed E-state index contributed by atoms with van der Waals surface area (Å²) >= 11 is 0. The molecule has 2 aromatic rings. The first kappa shape index (κ1) is 20.0. The molecule has 13 nitrogen and oxygen atoms in total. The number of aryl methyl sites for hydroxylation is 1. The molecular weight excluding hydrogens is 491 g/mol. The Kier molecular flexibility index (Phi) is 4.93. The molecule has 3 saturated heterocycles. The lowest BCUT2D eigenvalue weighted by Crippen LogP contribution is -2.49. The van der Waals surface area contributed by atoms with Gasteiger partial charge in [0.2, 0.25) is 5.91 Å². The van der Waals surface area contributed by atoms with E-state index in [0.29, 0.717) is 5.52 Å². The molecule has 1 aromatic carbocycles. The van der Waals surface area contributed by atoms with Crippen molar-refractivity contribution in [3.8, 4) is 0 Å². The standard InChI is InChI=1S/C23H25FN6O7/c1-27-15-11-16(14(24)10-13(15)21(26-27)29-7-4-17(31)25-22(29)35)28-8-5-23(36,6-9-28)12-20(34)37-30-18(32)2-3-19(30)33/h10-11,36H,2-9,12H2,1H3,(H,25,31,35)/i5D2,6D2. The molecule has 5 rings (SSSR count). The van der Waals surface area contributed by atoms with Crippen molar-refractivity contribution in [1.29, 1.82) is 0 Å². The summed E-state index contributed by atoms with van der Waals surface area (Å²) in [6.45, 7) is -1.48. The lowest BCUT2D eigenvalue weighted by atomic mass is 9.88. The highest BCUT2D eigenvalue weighted by molar-refractivity contribution is 6.09. The molecule has 37 heavy (non-hydrogen) atoms. The third-order valence-corrected chi connectivity index (χ3v) is 6.27. The highest BCUT2D eigenvalue weighted by Gasteiger charge is 2.39. The fraction of sp³-hybridized carbons (Fsp3) is 0.478. The zero-order chi connectivity index (χ0) is 30.1. The van der Waals surface area contributed by atoms with E-state index in [1.165, 1.54) is 22.7 Å². The van der Waals surface area contributed by atoms with Crippen molar-refractivity contribution >= 4 is 52.1 Å². The third kappa shape index (κ3) is 4.59. The number of anilines is 2. The molecule has 0 atom stereocenters. The number of aromatic nitrogens is 2. The van der Waals surface area contributed by atoms with Gasteiger partial charge in [0, 0.05) is 56.8 Å². The van der Waals surface area contributed by atoms with Crippen LogP contribution in [0.15, 0.2) is 12.1 Å². The number of hydrogen-bond acceptors (Lipinski definition) is 9. The van der Waals surface area contributed by atoms with Crippen LogP contribution in [0.4, 0.5) is 20.7 Å². The lowest BCUT2D eigenvalue weighted by Gasteiger charge is -2.39. The highest BCUT2D eigenvalue weighted by atomic mass is 19.1. The number of nitrogens with zero attached hydrogens (tertiary/aromatic N) is 5. The molecule has 1 aromatic heterocycles. The first-order valence-corrected chi connectivity index (χ1v) is 11.4. The van der Waals surface area contributed by atoms with Crippen molar-refractivity contribution in [2.75, 3.05) is 29.4 Å². The molecular formula is C23H25FN6O7. The Labute approximate surface area is 215 Å².